The van der Waals surface area contributed by atoms with Crippen LogP contribution in [0.3, 0.4) is 0 Å². The van der Waals surface area contributed by atoms with E-state index in [0.717, 1.165) is 11.1 Å². The molecule has 0 unspecified atom stereocenters. The molecule has 72 valence electrons. The van der Waals surface area contributed by atoms with Gasteiger partial charge in [-0.3, -0.25) is 4.79 Å². The summed E-state index contributed by atoms with van der Waals surface area (Å²) in [6, 6.07) is 3.66. The molecule has 2 heterocycles. The maximum absolute atomic E-state index is 11.8. The number of ketones is 1. The van der Waals surface area contributed by atoms with Crippen LogP contribution in [-0.4, -0.2) is 14.9 Å². The van der Waals surface area contributed by atoms with E-state index in [-0.39, 0.29) is 5.78 Å². The lowest BCUT2D eigenvalue weighted by molar-refractivity contribution is 0.103. The van der Waals surface area contributed by atoms with Crippen LogP contribution in [0.15, 0.2) is 36.9 Å². The van der Waals surface area contributed by atoms with Crippen molar-refractivity contribution in [2.75, 3.05) is 0 Å². The van der Waals surface area contributed by atoms with Gasteiger partial charge in [0.15, 0.2) is 5.78 Å². The zero-order valence-corrected chi connectivity index (χ0v) is 8.27. The van der Waals surface area contributed by atoms with Crippen molar-refractivity contribution in [3.05, 3.63) is 48.0 Å². The van der Waals surface area contributed by atoms with E-state index in [9.17, 15) is 4.79 Å². The molecule has 0 aromatic carbocycles. The zero-order chi connectivity index (χ0) is 10.1. The summed E-state index contributed by atoms with van der Waals surface area (Å²) in [4.78, 5) is 11.8. The largest absolute Gasteiger partial charge is 0.357 e. The molecule has 0 radical (unpaired) electrons. The van der Waals surface area contributed by atoms with Crippen molar-refractivity contribution in [2.45, 2.75) is 0 Å². The summed E-state index contributed by atoms with van der Waals surface area (Å²) in [6.45, 7) is 0. The Morgan fingerprint density at radius 2 is 1.43 bits per heavy atom. The molecule has 0 atom stereocenters. The van der Waals surface area contributed by atoms with Crippen molar-refractivity contribution in [1.82, 2.24) is 9.13 Å². The van der Waals surface area contributed by atoms with Gasteiger partial charge in [-0.15, -0.1) is 0 Å². The third-order valence-corrected chi connectivity index (χ3v) is 2.19. The Labute approximate surface area is 82.6 Å². The number of aryl methyl sites for hydroxylation is 2. The highest BCUT2D eigenvalue weighted by Gasteiger charge is 2.10. The second kappa shape index (κ2) is 3.18. The van der Waals surface area contributed by atoms with Crippen LogP contribution in [0.2, 0.25) is 0 Å². The van der Waals surface area contributed by atoms with Crippen LogP contribution in [0.5, 0.6) is 0 Å². The summed E-state index contributed by atoms with van der Waals surface area (Å²) in [6.07, 6.45) is 7.40. The molecule has 3 nitrogen and oxygen atoms in total. The molecule has 0 saturated heterocycles. The number of carbonyl (C=O) groups excluding carboxylic acids is 1. The quantitative estimate of drug-likeness (QED) is 0.657. The first-order valence-corrected chi connectivity index (χ1v) is 4.45. The van der Waals surface area contributed by atoms with Crippen LogP contribution in [0.4, 0.5) is 0 Å². The minimum Gasteiger partial charge on any atom is -0.357 e. The summed E-state index contributed by atoms with van der Waals surface area (Å²) >= 11 is 0. The molecule has 0 fully saturated rings. The molecule has 2 rings (SSSR count). The fourth-order valence-electron chi connectivity index (χ4n) is 1.44. The van der Waals surface area contributed by atoms with Gasteiger partial charge in [-0.25, -0.2) is 0 Å². The normalized spacial score (nSPS) is 10.4. The van der Waals surface area contributed by atoms with Gasteiger partial charge in [-0.2, -0.15) is 0 Å². The molecule has 3 heteroatoms. The Morgan fingerprint density at radius 3 is 1.71 bits per heavy atom. The fraction of sp³-hybridized carbons (Fsp3) is 0.182. The predicted octanol–water partition coefficient (Wildman–Crippen LogP) is 1.59. The summed E-state index contributed by atoms with van der Waals surface area (Å²) in [5.41, 5.74) is 1.47. The smallest absolute Gasteiger partial charge is 0.196 e. The number of nitrogens with zero attached hydrogens (tertiary/aromatic N) is 2. The maximum Gasteiger partial charge on any atom is 0.196 e. The van der Waals surface area contributed by atoms with Crippen LogP contribution in [0.25, 0.3) is 0 Å². The van der Waals surface area contributed by atoms with Gasteiger partial charge in [0.2, 0.25) is 0 Å². The maximum atomic E-state index is 11.8. The van der Waals surface area contributed by atoms with Gasteiger partial charge in [-0.1, -0.05) is 0 Å². The molecule has 0 N–H and O–H groups in total. The van der Waals surface area contributed by atoms with E-state index in [1.165, 1.54) is 0 Å². The second-order valence-electron chi connectivity index (χ2n) is 3.46. The Morgan fingerprint density at radius 1 is 1.00 bits per heavy atom. The van der Waals surface area contributed by atoms with E-state index in [2.05, 4.69) is 0 Å². The molecule has 2 aromatic heterocycles. The van der Waals surface area contributed by atoms with Crippen molar-refractivity contribution in [1.29, 1.82) is 0 Å². The minimum absolute atomic E-state index is 0.0752. The predicted molar refractivity (Wildman–Crippen MR) is 54.3 cm³/mol. The summed E-state index contributed by atoms with van der Waals surface area (Å²) in [5, 5.41) is 0. The molecule has 2 aromatic rings. The molecular weight excluding hydrogens is 176 g/mol. The zero-order valence-electron chi connectivity index (χ0n) is 8.27. The SMILES string of the molecule is Cn1ccc(C(=O)c2ccn(C)c2)c1. The van der Waals surface area contributed by atoms with Gasteiger partial charge in [0, 0.05) is 50.0 Å². The first-order chi connectivity index (χ1) is 6.66. The van der Waals surface area contributed by atoms with Gasteiger partial charge >= 0.3 is 0 Å². The highest BCUT2D eigenvalue weighted by Crippen LogP contribution is 2.09. The minimum atomic E-state index is 0.0752. The summed E-state index contributed by atoms with van der Waals surface area (Å²) in [7, 11) is 3.81. The number of hydrogen-bond donors (Lipinski definition) is 0. The summed E-state index contributed by atoms with van der Waals surface area (Å²) in [5.74, 6) is 0.0752. The number of hydrogen-bond acceptors (Lipinski definition) is 1. The lowest BCUT2D eigenvalue weighted by Gasteiger charge is -1.92. The van der Waals surface area contributed by atoms with Crippen molar-refractivity contribution in [2.24, 2.45) is 14.1 Å². The average molecular weight is 188 g/mol. The lowest BCUT2D eigenvalue weighted by atomic mass is 10.1. The topological polar surface area (TPSA) is 26.9 Å². The van der Waals surface area contributed by atoms with Crippen molar-refractivity contribution < 1.29 is 4.79 Å². The molecule has 0 spiro atoms. The van der Waals surface area contributed by atoms with Gasteiger partial charge < -0.3 is 9.13 Å². The molecule has 14 heavy (non-hydrogen) atoms. The summed E-state index contributed by atoms with van der Waals surface area (Å²) < 4.78 is 3.74. The molecule has 0 aliphatic heterocycles. The standard InChI is InChI=1S/C11H12N2O/c1-12-5-3-9(7-12)11(14)10-4-6-13(2)8-10/h3-8H,1-2H3. The van der Waals surface area contributed by atoms with E-state index in [1.54, 1.807) is 0 Å². The van der Waals surface area contributed by atoms with Gasteiger partial charge in [0.1, 0.15) is 0 Å². The second-order valence-corrected chi connectivity index (χ2v) is 3.46. The van der Waals surface area contributed by atoms with Crippen LogP contribution >= 0.6 is 0 Å². The highest BCUT2D eigenvalue weighted by atomic mass is 16.1. The number of carbonyl (C=O) groups is 1. The highest BCUT2D eigenvalue weighted by molar-refractivity contribution is 6.08. The van der Waals surface area contributed by atoms with Crippen molar-refractivity contribution in [3.63, 3.8) is 0 Å². The molecule has 0 saturated carbocycles. The van der Waals surface area contributed by atoms with Gasteiger partial charge in [0.25, 0.3) is 0 Å². The first kappa shape index (κ1) is 8.81. The van der Waals surface area contributed by atoms with E-state index in [4.69, 9.17) is 0 Å². The number of aromatic nitrogens is 2. The lowest BCUT2D eigenvalue weighted by Crippen LogP contribution is -1.98. The third-order valence-electron chi connectivity index (χ3n) is 2.19. The van der Waals surface area contributed by atoms with Crippen molar-refractivity contribution in [3.8, 4) is 0 Å². The molecule has 0 aliphatic rings. The first-order valence-electron chi connectivity index (χ1n) is 4.45. The molecule has 0 amide bonds. The van der Waals surface area contributed by atoms with Crippen molar-refractivity contribution >= 4 is 5.78 Å². The Bertz CT molecular complexity index is 423. The molecule has 0 bridgehead atoms. The van der Waals surface area contributed by atoms with Crippen LogP contribution < -0.4 is 0 Å². The monoisotopic (exact) mass is 188 g/mol. The van der Waals surface area contributed by atoms with E-state index in [0.29, 0.717) is 0 Å². The van der Waals surface area contributed by atoms with Crippen LogP contribution in [-0.2, 0) is 14.1 Å². The van der Waals surface area contributed by atoms with E-state index < -0.39 is 0 Å². The average Bonchev–Trinajstić information content (AvgIpc) is 2.73. The molecular formula is C11H12N2O. The van der Waals surface area contributed by atoms with Gasteiger partial charge in [0.05, 0.1) is 0 Å². The van der Waals surface area contributed by atoms with E-state index >= 15 is 0 Å². The van der Waals surface area contributed by atoms with Crippen LogP contribution in [0.1, 0.15) is 15.9 Å². The Balaban J connectivity index is 2.33. The third kappa shape index (κ3) is 1.48. The fourth-order valence-corrected chi connectivity index (χ4v) is 1.44. The Kier molecular flexibility index (Phi) is 2.00. The number of rotatable bonds is 2. The molecule has 0 aliphatic carbocycles. The van der Waals surface area contributed by atoms with Gasteiger partial charge in [-0.05, 0) is 12.1 Å². The van der Waals surface area contributed by atoms with Crippen LogP contribution in [0, 0.1) is 0 Å². The van der Waals surface area contributed by atoms with E-state index in [1.807, 2.05) is 60.1 Å². The Hall–Kier alpha value is -1.77.